The summed E-state index contributed by atoms with van der Waals surface area (Å²) in [6.07, 6.45) is 4.61. The van der Waals surface area contributed by atoms with Gasteiger partial charge in [-0.15, -0.1) is 0 Å². The van der Waals surface area contributed by atoms with E-state index < -0.39 is 0 Å². The van der Waals surface area contributed by atoms with Crippen molar-refractivity contribution in [2.45, 2.75) is 43.8 Å². The molecule has 2 aliphatic heterocycles. The monoisotopic (exact) mass is 300 g/mol. The van der Waals surface area contributed by atoms with Crippen LogP contribution < -0.4 is 11.1 Å². The Balaban J connectivity index is 1.83. The van der Waals surface area contributed by atoms with Gasteiger partial charge < -0.3 is 16.2 Å². The van der Waals surface area contributed by atoms with Gasteiger partial charge in [-0.05, 0) is 37.7 Å². The van der Waals surface area contributed by atoms with Gasteiger partial charge >= 0.3 is 0 Å². The predicted molar refractivity (Wildman–Crippen MR) is 77.7 cm³/mol. The van der Waals surface area contributed by atoms with E-state index in [1.54, 1.807) is 6.07 Å². The minimum absolute atomic E-state index is 0.146. The van der Waals surface area contributed by atoms with Crippen molar-refractivity contribution in [3.63, 3.8) is 0 Å². The highest BCUT2D eigenvalue weighted by atomic mass is 35.5. The third kappa shape index (κ3) is 2.57. The molecule has 0 spiro atoms. The Morgan fingerprint density at radius 3 is 2.37 bits per heavy atom. The van der Waals surface area contributed by atoms with E-state index in [9.17, 15) is 5.11 Å². The lowest BCUT2D eigenvalue weighted by molar-refractivity contribution is 0.260. The van der Waals surface area contributed by atoms with Crippen LogP contribution in [0, 0.1) is 5.92 Å². The van der Waals surface area contributed by atoms with Crippen molar-refractivity contribution >= 4 is 23.2 Å². The average Bonchev–Trinajstić information content (AvgIpc) is 2.72. The minimum Gasteiger partial charge on any atom is -0.508 e. The van der Waals surface area contributed by atoms with Crippen molar-refractivity contribution in [1.82, 2.24) is 5.32 Å². The molecule has 104 valence electrons. The van der Waals surface area contributed by atoms with E-state index in [0.717, 1.165) is 12.8 Å². The van der Waals surface area contributed by atoms with Gasteiger partial charge in [0, 0.05) is 29.8 Å². The maximum Gasteiger partial charge on any atom is 0.121 e. The summed E-state index contributed by atoms with van der Waals surface area (Å²) in [5, 5.41) is 14.4. The van der Waals surface area contributed by atoms with Crippen molar-refractivity contribution in [1.29, 1.82) is 0 Å². The number of halogens is 2. The Morgan fingerprint density at radius 1 is 1.16 bits per heavy atom. The Kier molecular flexibility index (Phi) is 3.65. The van der Waals surface area contributed by atoms with Crippen LogP contribution in [0.2, 0.25) is 10.0 Å². The van der Waals surface area contributed by atoms with Gasteiger partial charge in [0.2, 0.25) is 0 Å². The molecule has 5 heteroatoms. The van der Waals surface area contributed by atoms with E-state index in [2.05, 4.69) is 5.32 Å². The first-order valence-electron chi connectivity index (χ1n) is 6.74. The van der Waals surface area contributed by atoms with Crippen molar-refractivity contribution in [2.75, 3.05) is 0 Å². The van der Waals surface area contributed by atoms with Crippen LogP contribution in [0.25, 0.3) is 0 Å². The molecule has 2 bridgehead atoms. The van der Waals surface area contributed by atoms with E-state index >= 15 is 0 Å². The Hall–Kier alpha value is -0.480. The third-order valence-electron chi connectivity index (χ3n) is 4.45. The smallest absolute Gasteiger partial charge is 0.121 e. The molecule has 0 radical (unpaired) electrons. The van der Waals surface area contributed by atoms with Gasteiger partial charge in [-0.25, -0.2) is 0 Å². The van der Waals surface area contributed by atoms with Gasteiger partial charge in [-0.3, -0.25) is 0 Å². The molecule has 0 aromatic heterocycles. The van der Waals surface area contributed by atoms with E-state index in [1.165, 1.54) is 18.9 Å². The first kappa shape index (κ1) is 13.5. The molecule has 3 rings (SSSR count). The summed E-state index contributed by atoms with van der Waals surface area (Å²) in [4.78, 5) is 0. The Bertz CT molecular complexity index is 483. The van der Waals surface area contributed by atoms with E-state index in [1.807, 2.05) is 0 Å². The lowest BCUT2D eigenvalue weighted by Gasteiger charge is -2.33. The van der Waals surface area contributed by atoms with Crippen LogP contribution in [-0.2, 0) is 0 Å². The number of fused-ring (bicyclic) bond motifs is 2. The van der Waals surface area contributed by atoms with Crippen LogP contribution in [0.4, 0.5) is 0 Å². The molecule has 0 aliphatic carbocycles. The molecule has 2 aliphatic rings. The standard InChI is InChI=1S/C14H18Cl2N2O/c15-11-5-10(13(19)6-12(11)16)14(17)7-3-8-1-2-9(4-7)18-8/h5-9,14,18-19H,1-4,17H2. The molecule has 1 aromatic carbocycles. The quantitative estimate of drug-likeness (QED) is 0.786. The number of phenolic OH excluding ortho intramolecular Hbond substituents is 1. The van der Waals surface area contributed by atoms with Gasteiger partial charge in [-0.2, -0.15) is 0 Å². The zero-order valence-electron chi connectivity index (χ0n) is 10.6. The highest BCUT2D eigenvalue weighted by Gasteiger charge is 2.36. The van der Waals surface area contributed by atoms with E-state index in [0.29, 0.717) is 33.6 Å². The molecule has 2 fully saturated rings. The van der Waals surface area contributed by atoms with E-state index in [4.69, 9.17) is 28.9 Å². The molecule has 3 unspecified atom stereocenters. The van der Waals surface area contributed by atoms with Crippen molar-refractivity contribution in [3.05, 3.63) is 27.7 Å². The maximum atomic E-state index is 10.0. The first-order valence-corrected chi connectivity index (χ1v) is 7.49. The summed E-state index contributed by atoms with van der Waals surface area (Å²) in [5.41, 5.74) is 7.06. The lowest BCUT2D eigenvalue weighted by Crippen LogP contribution is -2.41. The molecule has 3 atom stereocenters. The first-order chi connectivity index (χ1) is 9.04. The van der Waals surface area contributed by atoms with Gasteiger partial charge in [0.15, 0.2) is 0 Å². The fraction of sp³-hybridized carbons (Fsp3) is 0.571. The highest BCUT2D eigenvalue weighted by molar-refractivity contribution is 6.42. The van der Waals surface area contributed by atoms with Crippen molar-refractivity contribution in [3.8, 4) is 5.75 Å². The van der Waals surface area contributed by atoms with Crippen LogP contribution in [0.3, 0.4) is 0 Å². The number of hydrogen-bond donors (Lipinski definition) is 3. The Morgan fingerprint density at radius 2 is 1.74 bits per heavy atom. The summed E-state index contributed by atoms with van der Waals surface area (Å²) in [5.74, 6) is 0.537. The summed E-state index contributed by atoms with van der Waals surface area (Å²) in [6, 6.07) is 4.17. The van der Waals surface area contributed by atoms with Crippen LogP contribution in [0.1, 0.15) is 37.3 Å². The SMILES string of the molecule is NC(c1cc(Cl)c(Cl)cc1O)C1CC2CCC(C1)N2. The number of rotatable bonds is 2. The Labute approximate surface area is 123 Å². The molecule has 0 amide bonds. The molecule has 2 heterocycles. The van der Waals surface area contributed by atoms with Gasteiger partial charge in [0.25, 0.3) is 0 Å². The van der Waals surface area contributed by atoms with Gasteiger partial charge in [0.1, 0.15) is 5.75 Å². The number of hydrogen-bond acceptors (Lipinski definition) is 3. The second-order valence-electron chi connectivity index (χ2n) is 5.72. The fourth-order valence-electron chi connectivity index (χ4n) is 3.47. The zero-order valence-corrected chi connectivity index (χ0v) is 12.1. The molecule has 4 N–H and O–H groups in total. The topological polar surface area (TPSA) is 58.3 Å². The van der Waals surface area contributed by atoms with Crippen molar-refractivity contribution < 1.29 is 5.11 Å². The largest absolute Gasteiger partial charge is 0.508 e. The number of nitrogens with two attached hydrogens (primary N) is 1. The maximum absolute atomic E-state index is 10.0. The van der Waals surface area contributed by atoms with E-state index in [-0.39, 0.29) is 11.8 Å². The zero-order chi connectivity index (χ0) is 13.6. The van der Waals surface area contributed by atoms with Gasteiger partial charge in [0.05, 0.1) is 10.0 Å². The second-order valence-corrected chi connectivity index (χ2v) is 6.53. The number of benzene rings is 1. The lowest BCUT2D eigenvalue weighted by atomic mass is 9.83. The molecule has 2 saturated heterocycles. The summed E-state index contributed by atoms with van der Waals surface area (Å²) < 4.78 is 0. The highest BCUT2D eigenvalue weighted by Crippen LogP contribution is 2.41. The molecular weight excluding hydrogens is 283 g/mol. The summed E-state index contributed by atoms with van der Waals surface area (Å²) in [7, 11) is 0. The fourth-order valence-corrected chi connectivity index (χ4v) is 3.80. The number of phenols is 1. The molecule has 3 nitrogen and oxygen atoms in total. The number of nitrogens with one attached hydrogen (secondary N) is 1. The summed E-state index contributed by atoms with van der Waals surface area (Å²) in [6.45, 7) is 0. The van der Waals surface area contributed by atoms with Crippen LogP contribution >= 0.6 is 23.2 Å². The second kappa shape index (κ2) is 5.13. The molecule has 0 saturated carbocycles. The van der Waals surface area contributed by atoms with Crippen LogP contribution in [0.15, 0.2) is 12.1 Å². The average molecular weight is 301 g/mol. The summed E-state index contributed by atoms with van der Waals surface area (Å²) >= 11 is 11.9. The van der Waals surface area contributed by atoms with Crippen LogP contribution in [-0.4, -0.2) is 17.2 Å². The third-order valence-corrected chi connectivity index (χ3v) is 5.17. The normalized spacial score (nSPS) is 31.4. The van der Waals surface area contributed by atoms with Gasteiger partial charge in [-0.1, -0.05) is 23.2 Å². The number of piperidine rings is 1. The molecule has 19 heavy (non-hydrogen) atoms. The predicted octanol–water partition coefficient (Wildman–Crippen LogP) is 3.23. The minimum atomic E-state index is -0.181. The molecule has 1 aromatic rings. The number of aromatic hydroxyl groups is 1. The molecular formula is C14H18Cl2N2O. The van der Waals surface area contributed by atoms with Crippen molar-refractivity contribution in [2.24, 2.45) is 11.7 Å². The van der Waals surface area contributed by atoms with Crippen LogP contribution in [0.5, 0.6) is 5.75 Å².